The Balaban J connectivity index is 0.00000216. The van der Waals surface area contributed by atoms with E-state index in [0.29, 0.717) is 41.7 Å². The van der Waals surface area contributed by atoms with Crippen LogP contribution in [-0.4, -0.2) is 53.6 Å². The minimum Gasteiger partial charge on any atom is -0.387 e. The molecule has 2 aliphatic heterocycles. The van der Waals surface area contributed by atoms with Crippen molar-refractivity contribution in [3.63, 3.8) is 0 Å². The van der Waals surface area contributed by atoms with E-state index < -0.39 is 0 Å². The van der Waals surface area contributed by atoms with E-state index in [0.717, 1.165) is 50.1 Å². The Morgan fingerprint density at radius 2 is 1.73 bits per heavy atom. The number of nitrogens with one attached hydrogen (secondary N) is 1. The summed E-state index contributed by atoms with van der Waals surface area (Å²) in [5.41, 5.74) is 12.1. The smallest absolute Gasteiger partial charge is 0.255 e. The van der Waals surface area contributed by atoms with Gasteiger partial charge in [0.2, 0.25) is 5.91 Å². The maximum atomic E-state index is 13.3. The maximum Gasteiger partial charge on any atom is 0.255 e. The Kier molecular flexibility index (Phi) is 11.9. The van der Waals surface area contributed by atoms with Gasteiger partial charge >= 0.3 is 0 Å². The minimum atomic E-state index is -0.206. The van der Waals surface area contributed by atoms with Crippen molar-refractivity contribution in [3.05, 3.63) is 101 Å². The summed E-state index contributed by atoms with van der Waals surface area (Å²) in [6, 6.07) is 24.1. The second kappa shape index (κ2) is 16.0. The number of carbonyl (C=O) groups excluding carboxylic acids is 2. The van der Waals surface area contributed by atoms with Gasteiger partial charge in [-0.2, -0.15) is 0 Å². The minimum absolute atomic E-state index is 0.00292. The van der Waals surface area contributed by atoms with Gasteiger partial charge in [0, 0.05) is 55.0 Å². The number of hydrogen-bond acceptors (Lipinski definition) is 5. The molecule has 0 spiro atoms. The highest BCUT2D eigenvalue weighted by Crippen LogP contribution is 2.31. The third-order valence-electron chi connectivity index (χ3n) is 7.94. The highest BCUT2D eigenvalue weighted by atomic mass is 16.2. The number of amides is 2. The zero-order valence-corrected chi connectivity index (χ0v) is 26.7. The summed E-state index contributed by atoms with van der Waals surface area (Å²) < 4.78 is 0. The van der Waals surface area contributed by atoms with E-state index in [1.807, 2.05) is 43.0 Å². The van der Waals surface area contributed by atoms with E-state index in [2.05, 4.69) is 71.5 Å². The molecule has 2 amide bonds. The number of rotatable bonds is 10. The highest BCUT2D eigenvalue weighted by Gasteiger charge is 2.25. The van der Waals surface area contributed by atoms with Crippen molar-refractivity contribution >= 4 is 35.1 Å². The van der Waals surface area contributed by atoms with Crippen molar-refractivity contribution in [2.75, 3.05) is 31.5 Å². The lowest BCUT2D eigenvalue weighted by molar-refractivity contribution is -0.127. The molecular weight excluding hydrogens is 546 g/mol. The van der Waals surface area contributed by atoms with Crippen LogP contribution in [0.15, 0.2) is 83.4 Å². The molecule has 232 valence electrons. The summed E-state index contributed by atoms with van der Waals surface area (Å²) in [6.07, 6.45) is 5.05. The lowest BCUT2D eigenvalue weighted by Gasteiger charge is -2.22. The molecule has 3 N–H and O–H groups in total. The standard InChI is InChI=1S/C35H41N5O2.C2H6/c1-3-16-40(17-4-2)35(42)30-19-27-13-14-28(21-32(27)38-33(36)22-30)34(41)37-31-12-8-11-26(20-31)29-15-18-39(24-29)23-25-9-6-5-7-10-25;1-2/h5-14,19-21,29H,3-4,15-18,22-24H2,1-2H3,(H2,36,38)(H,37,41);1-2H3/t29-;/m1./s1. The number of amidine groups is 1. The molecule has 44 heavy (non-hydrogen) atoms. The fourth-order valence-electron chi connectivity index (χ4n) is 5.89. The van der Waals surface area contributed by atoms with Crippen LogP contribution in [0.2, 0.25) is 0 Å². The maximum absolute atomic E-state index is 13.3. The lowest BCUT2D eigenvalue weighted by Crippen LogP contribution is -2.34. The normalized spacial score (nSPS) is 16.0. The molecule has 1 atom stereocenters. The van der Waals surface area contributed by atoms with Crippen molar-refractivity contribution in [2.45, 2.75) is 65.8 Å². The number of anilines is 1. The van der Waals surface area contributed by atoms with Crippen molar-refractivity contribution < 1.29 is 9.59 Å². The first kappa shape index (κ1) is 32.7. The number of likely N-dealkylation sites (tertiary alicyclic amines) is 1. The average Bonchev–Trinajstić information content (AvgIpc) is 3.43. The van der Waals surface area contributed by atoms with Crippen molar-refractivity contribution in [1.82, 2.24) is 9.80 Å². The molecule has 3 aromatic rings. The molecule has 0 saturated carbocycles. The Morgan fingerprint density at radius 3 is 2.45 bits per heavy atom. The van der Waals surface area contributed by atoms with Crippen LogP contribution in [0.3, 0.4) is 0 Å². The van der Waals surface area contributed by atoms with Gasteiger partial charge in [-0.3, -0.25) is 14.5 Å². The van der Waals surface area contributed by atoms with E-state index in [1.165, 1.54) is 11.1 Å². The van der Waals surface area contributed by atoms with Gasteiger partial charge in [-0.15, -0.1) is 0 Å². The van der Waals surface area contributed by atoms with E-state index in [4.69, 9.17) is 5.73 Å². The van der Waals surface area contributed by atoms with E-state index in [9.17, 15) is 9.59 Å². The van der Waals surface area contributed by atoms with Crippen molar-refractivity contribution in [2.24, 2.45) is 10.7 Å². The second-order valence-electron chi connectivity index (χ2n) is 11.3. The molecule has 0 bridgehead atoms. The second-order valence-corrected chi connectivity index (χ2v) is 11.3. The number of benzene rings is 3. The fraction of sp³-hybridized carbons (Fsp3) is 0.378. The van der Waals surface area contributed by atoms with Crippen LogP contribution in [0.25, 0.3) is 6.08 Å². The highest BCUT2D eigenvalue weighted by molar-refractivity contribution is 6.08. The summed E-state index contributed by atoms with van der Waals surface area (Å²) >= 11 is 0. The molecule has 2 aliphatic rings. The van der Waals surface area contributed by atoms with Crippen LogP contribution >= 0.6 is 0 Å². The van der Waals surface area contributed by atoms with Crippen LogP contribution in [0, 0.1) is 0 Å². The van der Waals surface area contributed by atoms with Crippen molar-refractivity contribution in [3.8, 4) is 0 Å². The molecule has 0 radical (unpaired) electrons. The van der Waals surface area contributed by atoms with E-state index in [-0.39, 0.29) is 18.2 Å². The zero-order chi connectivity index (χ0) is 31.5. The van der Waals surface area contributed by atoms with E-state index in [1.54, 1.807) is 12.1 Å². The molecule has 7 nitrogen and oxygen atoms in total. The Hall–Kier alpha value is -4.23. The van der Waals surface area contributed by atoms with Gasteiger partial charge in [0.05, 0.1) is 5.69 Å². The first-order valence-electron chi connectivity index (χ1n) is 16.1. The van der Waals surface area contributed by atoms with Gasteiger partial charge < -0.3 is 16.0 Å². The molecule has 7 heteroatoms. The Morgan fingerprint density at radius 1 is 0.977 bits per heavy atom. The number of nitrogens with two attached hydrogens (primary N) is 1. The van der Waals surface area contributed by atoms with Crippen LogP contribution < -0.4 is 11.1 Å². The van der Waals surface area contributed by atoms with Crippen LogP contribution in [-0.2, 0) is 11.3 Å². The first-order valence-corrected chi connectivity index (χ1v) is 16.1. The molecule has 0 aliphatic carbocycles. The third-order valence-corrected chi connectivity index (χ3v) is 7.94. The quantitative estimate of drug-likeness (QED) is 0.257. The number of carbonyl (C=O) groups is 2. The van der Waals surface area contributed by atoms with Gasteiger partial charge in [-0.1, -0.05) is 76.2 Å². The molecule has 5 rings (SSSR count). The predicted molar refractivity (Wildman–Crippen MR) is 182 cm³/mol. The van der Waals surface area contributed by atoms with Crippen LogP contribution in [0.5, 0.6) is 0 Å². The summed E-state index contributed by atoms with van der Waals surface area (Å²) in [5.74, 6) is 0.591. The molecule has 3 aromatic carbocycles. The third kappa shape index (κ3) is 8.44. The summed E-state index contributed by atoms with van der Waals surface area (Å²) in [6.45, 7) is 12.6. The Labute approximate surface area is 262 Å². The monoisotopic (exact) mass is 593 g/mol. The molecule has 1 fully saturated rings. The molecule has 1 saturated heterocycles. The number of fused-ring (bicyclic) bond motifs is 1. The zero-order valence-electron chi connectivity index (χ0n) is 26.7. The fourth-order valence-corrected chi connectivity index (χ4v) is 5.89. The van der Waals surface area contributed by atoms with Gasteiger partial charge in [0.1, 0.15) is 5.84 Å². The molecule has 0 unspecified atom stereocenters. The average molecular weight is 594 g/mol. The van der Waals surface area contributed by atoms with E-state index >= 15 is 0 Å². The number of hydrogen-bond donors (Lipinski definition) is 2. The topological polar surface area (TPSA) is 91.0 Å². The summed E-state index contributed by atoms with van der Waals surface area (Å²) in [5, 5.41) is 3.07. The predicted octanol–water partition coefficient (Wildman–Crippen LogP) is 7.38. The molecule has 2 heterocycles. The largest absolute Gasteiger partial charge is 0.387 e. The van der Waals surface area contributed by atoms with Crippen LogP contribution in [0.4, 0.5) is 11.4 Å². The summed E-state index contributed by atoms with van der Waals surface area (Å²) in [7, 11) is 0. The molecular formula is C37H47N5O2. The van der Waals surface area contributed by atoms with Gasteiger partial charge in [0.25, 0.3) is 5.91 Å². The number of aliphatic imine (C=N–C) groups is 1. The lowest BCUT2D eigenvalue weighted by atomic mass is 9.98. The number of nitrogens with zero attached hydrogens (tertiary/aromatic N) is 3. The van der Waals surface area contributed by atoms with Gasteiger partial charge in [-0.05, 0) is 73.2 Å². The SMILES string of the molecule is CC.CCCN(CCC)C(=O)C1=Cc2ccc(C(=O)Nc3cccc([C@@H]4CCN(Cc5ccccc5)C4)c3)cc2N=C(N)C1. The van der Waals surface area contributed by atoms with Gasteiger partial charge in [0.15, 0.2) is 0 Å². The molecule has 0 aromatic heterocycles. The van der Waals surface area contributed by atoms with Crippen LogP contribution in [0.1, 0.15) is 86.3 Å². The van der Waals surface area contributed by atoms with Gasteiger partial charge in [-0.25, -0.2) is 4.99 Å². The Bertz CT molecular complexity index is 1470. The summed E-state index contributed by atoms with van der Waals surface area (Å²) in [4.78, 5) is 35.5. The first-order chi connectivity index (χ1) is 21.4. The van der Waals surface area contributed by atoms with Crippen molar-refractivity contribution in [1.29, 1.82) is 0 Å².